The summed E-state index contributed by atoms with van der Waals surface area (Å²) in [7, 11) is 0. The highest BCUT2D eigenvalue weighted by Crippen LogP contribution is 2.45. The average molecular weight is 254 g/mol. The van der Waals surface area contributed by atoms with Crippen LogP contribution in [-0.4, -0.2) is 16.4 Å². The zero-order valence-electron chi connectivity index (χ0n) is 9.53. The van der Waals surface area contributed by atoms with Crippen LogP contribution in [0.2, 0.25) is 0 Å². The van der Waals surface area contributed by atoms with E-state index in [4.69, 9.17) is 4.52 Å². The molecule has 0 amide bonds. The number of fused-ring (bicyclic) bond motifs is 1. The van der Waals surface area contributed by atoms with Crippen LogP contribution in [0.5, 0.6) is 11.5 Å². The number of hydrogen-bond acceptors (Lipinski definition) is 5. The number of halogens is 2. The van der Waals surface area contributed by atoms with Crippen LogP contribution in [0, 0.1) is 13.8 Å². The van der Waals surface area contributed by atoms with Crippen LogP contribution < -0.4 is 9.47 Å². The molecule has 94 valence electrons. The van der Waals surface area contributed by atoms with Gasteiger partial charge < -0.3 is 14.0 Å². The van der Waals surface area contributed by atoms with Gasteiger partial charge in [-0.1, -0.05) is 5.16 Å². The second-order valence-corrected chi connectivity index (χ2v) is 3.87. The quantitative estimate of drug-likeness (QED) is 0.783. The molecule has 18 heavy (non-hydrogen) atoms. The van der Waals surface area contributed by atoms with Crippen molar-refractivity contribution in [2.45, 2.75) is 20.1 Å². The lowest BCUT2D eigenvalue weighted by molar-refractivity contribution is -0.286. The summed E-state index contributed by atoms with van der Waals surface area (Å²) >= 11 is 0. The molecule has 0 bridgehead atoms. The summed E-state index contributed by atoms with van der Waals surface area (Å²) in [6.07, 6.45) is -3.63. The third-order valence-corrected chi connectivity index (χ3v) is 2.59. The predicted octanol–water partition coefficient (Wildman–Crippen LogP) is 2.67. The zero-order chi connectivity index (χ0) is 12.9. The maximum absolute atomic E-state index is 13.0. The monoisotopic (exact) mass is 254 g/mol. The molecule has 0 N–H and O–H groups in total. The topological polar surface area (TPSA) is 57.4 Å². The highest BCUT2D eigenvalue weighted by Gasteiger charge is 2.44. The summed E-state index contributed by atoms with van der Waals surface area (Å²) < 4.78 is 39.6. The smallest absolute Gasteiger partial charge is 0.395 e. The van der Waals surface area contributed by atoms with Gasteiger partial charge in [-0.25, -0.2) is 0 Å². The molecule has 0 saturated heterocycles. The van der Waals surface area contributed by atoms with E-state index in [0.29, 0.717) is 22.8 Å². The Kier molecular flexibility index (Phi) is 2.07. The molecule has 1 aromatic carbocycles. The molecule has 0 aliphatic carbocycles. The van der Waals surface area contributed by atoms with Gasteiger partial charge in [0.15, 0.2) is 11.5 Å². The number of benzene rings is 1. The lowest BCUT2D eigenvalue weighted by Gasteiger charge is -2.06. The fourth-order valence-electron chi connectivity index (χ4n) is 1.79. The first-order valence-electron chi connectivity index (χ1n) is 5.16. The van der Waals surface area contributed by atoms with Gasteiger partial charge in [-0.15, -0.1) is 8.78 Å². The SMILES string of the molecule is Cc1nc(-c2ccc3c(c2C)OC(F)(F)O3)no1. The number of hydrogen-bond donors (Lipinski definition) is 0. The minimum atomic E-state index is -3.63. The van der Waals surface area contributed by atoms with Gasteiger partial charge in [-0.2, -0.15) is 4.98 Å². The molecule has 7 heteroatoms. The van der Waals surface area contributed by atoms with Crippen molar-refractivity contribution < 1.29 is 22.8 Å². The number of ether oxygens (including phenoxy) is 2. The zero-order valence-corrected chi connectivity index (χ0v) is 9.53. The molecule has 0 unspecified atom stereocenters. The Balaban J connectivity index is 2.11. The van der Waals surface area contributed by atoms with Crippen LogP contribution in [0.4, 0.5) is 8.78 Å². The fourth-order valence-corrected chi connectivity index (χ4v) is 1.79. The van der Waals surface area contributed by atoms with Crippen LogP contribution in [0.15, 0.2) is 16.7 Å². The normalized spacial score (nSPS) is 16.0. The van der Waals surface area contributed by atoms with E-state index in [-0.39, 0.29) is 11.5 Å². The van der Waals surface area contributed by atoms with Gasteiger partial charge in [0.2, 0.25) is 11.7 Å². The molecule has 0 atom stereocenters. The molecule has 0 radical (unpaired) electrons. The Hall–Kier alpha value is -2.18. The average Bonchev–Trinajstić information content (AvgIpc) is 2.82. The third kappa shape index (κ3) is 1.59. The standard InChI is InChI=1S/C11H8F2N2O3/c1-5-7(10-14-6(2)18-15-10)3-4-8-9(5)17-11(12,13)16-8/h3-4H,1-2H3. The van der Waals surface area contributed by atoms with Crippen molar-refractivity contribution in [1.82, 2.24) is 10.1 Å². The highest BCUT2D eigenvalue weighted by atomic mass is 19.3. The second kappa shape index (κ2) is 3.41. The van der Waals surface area contributed by atoms with Crippen molar-refractivity contribution >= 4 is 0 Å². The highest BCUT2D eigenvalue weighted by molar-refractivity contribution is 5.67. The molecule has 1 aromatic heterocycles. The molecule has 0 spiro atoms. The maximum Gasteiger partial charge on any atom is 0.586 e. The Bertz CT molecular complexity index is 625. The molecular weight excluding hydrogens is 246 g/mol. The maximum atomic E-state index is 13.0. The van der Waals surface area contributed by atoms with Gasteiger partial charge in [0.05, 0.1) is 0 Å². The summed E-state index contributed by atoms with van der Waals surface area (Å²) in [6, 6.07) is 2.98. The van der Waals surface area contributed by atoms with E-state index in [1.807, 2.05) is 0 Å². The van der Waals surface area contributed by atoms with Crippen molar-refractivity contribution in [2.75, 3.05) is 0 Å². The molecule has 5 nitrogen and oxygen atoms in total. The lowest BCUT2D eigenvalue weighted by atomic mass is 10.1. The summed E-state index contributed by atoms with van der Waals surface area (Å²) in [5, 5.41) is 3.74. The summed E-state index contributed by atoms with van der Waals surface area (Å²) in [5.41, 5.74) is 1.04. The van der Waals surface area contributed by atoms with Crippen molar-refractivity contribution in [3.8, 4) is 22.9 Å². The second-order valence-electron chi connectivity index (χ2n) is 3.87. The Labute approximate surface area is 100 Å². The first-order valence-corrected chi connectivity index (χ1v) is 5.16. The molecule has 0 fully saturated rings. The van der Waals surface area contributed by atoms with E-state index < -0.39 is 6.29 Å². The van der Waals surface area contributed by atoms with Crippen molar-refractivity contribution in [3.63, 3.8) is 0 Å². The van der Waals surface area contributed by atoms with Gasteiger partial charge in [0, 0.05) is 18.1 Å². The van der Waals surface area contributed by atoms with Gasteiger partial charge in [0.1, 0.15) is 0 Å². The van der Waals surface area contributed by atoms with Crippen LogP contribution in [0.25, 0.3) is 11.4 Å². The Morgan fingerprint density at radius 3 is 2.61 bits per heavy atom. The number of rotatable bonds is 1. The fraction of sp³-hybridized carbons (Fsp3) is 0.273. The number of nitrogens with zero attached hydrogens (tertiary/aromatic N) is 2. The van der Waals surface area contributed by atoms with Crippen LogP contribution in [0.3, 0.4) is 0 Å². The van der Waals surface area contributed by atoms with E-state index in [2.05, 4.69) is 19.6 Å². The van der Waals surface area contributed by atoms with Crippen molar-refractivity contribution in [1.29, 1.82) is 0 Å². The van der Waals surface area contributed by atoms with E-state index >= 15 is 0 Å². The summed E-state index contributed by atoms with van der Waals surface area (Å²) in [6.45, 7) is 3.28. The summed E-state index contributed by atoms with van der Waals surface area (Å²) in [5.74, 6) is 0.723. The molecule has 2 aromatic rings. The van der Waals surface area contributed by atoms with Gasteiger partial charge >= 0.3 is 6.29 Å². The molecular formula is C11H8F2N2O3. The van der Waals surface area contributed by atoms with Crippen molar-refractivity contribution in [3.05, 3.63) is 23.6 Å². The lowest BCUT2D eigenvalue weighted by Crippen LogP contribution is -2.26. The Morgan fingerprint density at radius 1 is 1.17 bits per heavy atom. The van der Waals surface area contributed by atoms with E-state index in [0.717, 1.165) is 0 Å². The first kappa shape index (κ1) is 10.9. The van der Waals surface area contributed by atoms with Gasteiger partial charge in [0.25, 0.3) is 0 Å². The minimum Gasteiger partial charge on any atom is -0.395 e. The number of alkyl halides is 2. The molecule has 2 heterocycles. The van der Waals surface area contributed by atoms with Gasteiger partial charge in [-0.05, 0) is 19.1 Å². The predicted molar refractivity (Wildman–Crippen MR) is 55.4 cm³/mol. The van der Waals surface area contributed by atoms with Crippen molar-refractivity contribution in [2.24, 2.45) is 0 Å². The summed E-state index contributed by atoms with van der Waals surface area (Å²) in [4.78, 5) is 4.04. The first-order chi connectivity index (χ1) is 8.46. The number of aromatic nitrogens is 2. The van der Waals surface area contributed by atoms with E-state index in [1.165, 1.54) is 6.07 Å². The Morgan fingerprint density at radius 2 is 1.94 bits per heavy atom. The third-order valence-electron chi connectivity index (χ3n) is 2.59. The number of aryl methyl sites for hydroxylation is 1. The molecule has 1 aliphatic rings. The molecule has 3 rings (SSSR count). The minimum absolute atomic E-state index is 0.0000435. The van der Waals surface area contributed by atoms with Crippen LogP contribution in [-0.2, 0) is 0 Å². The molecule has 0 saturated carbocycles. The largest absolute Gasteiger partial charge is 0.586 e. The van der Waals surface area contributed by atoms with E-state index in [1.54, 1.807) is 19.9 Å². The van der Waals surface area contributed by atoms with Crippen LogP contribution in [0.1, 0.15) is 11.5 Å². The van der Waals surface area contributed by atoms with Crippen LogP contribution >= 0.6 is 0 Å². The molecule has 1 aliphatic heterocycles. The van der Waals surface area contributed by atoms with Gasteiger partial charge in [-0.3, -0.25) is 0 Å². The van der Waals surface area contributed by atoms with E-state index in [9.17, 15) is 8.78 Å².